The Hall–Kier alpha value is -2.62. The van der Waals surface area contributed by atoms with Crippen molar-refractivity contribution < 1.29 is 13.2 Å². The Bertz CT molecular complexity index is 1230. The molecule has 0 aliphatic carbocycles. The Morgan fingerprint density at radius 3 is 2.56 bits per heavy atom. The minimum Gasteiger partial charge on any atom is -0.380 e. The molecule has 8 nitrogen and oxygen atoms in total. The van der Waals surface area contributed by atoms with E-state index in [0.29, 0.717) is 11.2 Å². The van der Waals surface area contributed by atoms with Crippen molar-refractivity contribution in [1.29, 1.82) is 0 Å². The number of hydrogen-bond acceptors (Lipinski definition) is 7. The molecule has 0 amide bonds. The molecule has 170 valence electrons. The highest BCUT2D eigenvalue weighted by molar-refractivity contribution is 7.90. The van der Waals surface area contributed by atoms with E-state index in [-0.39, 0.29) is 11.0 Å². The number of aromatic nitrogens is 2. The molecule has 1 atom stereocenters. The fourth-order valence-electron chi connectivity index (χ4n) is 4.63. The Balaban J connectivity index is 1.53. The molecule has 3 aromatic rings. The lowest BCUT2D eigenvalue weighted by molar-refractivity contribution is 0.121. The number of ether oxygens (including phenoxy) is 1. The average Bonchev–Trinajstić information content (AvgIpc) is 3.45. The van der Waals surface area contributed by atoms with Crippen molar-refractivity contribution in [3.05, 3.63) is 48.2 Å². The Morgan fingerprint density at radius 1 is 1.03 bits per heavy atom. The van der Waals surface area contributed by atoms with E-state index in [0.717, 1.165) is 62.5 Å². The van der Waals surface area contributed by atoms with E-state index in [1.54, 1.807) is 25.3 Å². The third-order valence-electron chi connectivity index (χ3n) is 6.49. The van der Waals surface area contributed by atoms with Gasteiger partial charge in [-0.25, -0.2) is 0 Å². The van der Waals surface area contributed by atoms with Gasteiger partial charge < -0.3 is 19.9 Å². The first-order valence-electron chi connectivity index (χ1n) is 11.1. The minimum absolute atomic E-state index is 0.177. The van der Waals surface area contributed by atoms with Crippen LogP contribution in [0.25, 0.3) is 10.9 Å². The van der Waals surface area contributed by atoms with Crippen LogP contribution in [0.3, 0.4) is 0 Å². The number of hydrogen-bond donors (Lipinski definition) is 1. The second kappa shape index (κ2) is 8.38. The molecule has 1 N–H and O–H groups in total. The molecule has 0 bridgehead atoms. The normalized spacial score (nSPS) is 19.8. The highest BCUT2D eigenvalue weighted by Crippen LogP contribution is 2.30. The number of aryl methyl sites for hydroxylation is 1. The van der Waals surface area contributed by atoms with Gasteiger partial charge in [-0.2, -0.15) is 17.6 Å². The van der Waals surface area contributed by atoms with E-state index in [9.17, 15) is 8.42 Å². The lowest BCUT2D eigenvalue weighted by atomic mass is 10.2. The molecule has 0 unspecified atom stereocenters. The Labute approximate surface area is 188 Å². The number of nitrogens with zero attached hydrogens (tertiary/aromatic N) is 4. The van der Waals surface area contributed by atoms with E-state index in [2.05, 4.69) is 26.3 Å². The predicted octanol–water partition coefficient (Wildman–Crippen LogP) is 2.22. The van der Waals surface area contributed by atoms with Crippen LogP contribution in [-0.4, -0.2) is 70.1 Å². The second-order valence-corrected chi connectivity index (χ2v) is 10.2. The minimum atomic E-state index is -3.85. The van der Waals surface area contributed by atoms with Crippen LogP contribution < -0.4 is 15.1 Å². The molecule has 2 saturated heterocycles. The van der Waals surface area contributed by atoms with Crippen LogP contribution in [0.2, 0.25) is 0 Å². The van der Waals surface area contributed by atoms with Crippen molar-refractivity contribution in [1.82, 2.24) is 14.5 Å². The molecular formula is C23H29N5O3S. The summed E-state index contributed by atoms with van der Waals surface area (Å²) in [5, 5.41) is 8.64. The monoisotopic (exact) mass is 455 g/mol. The number of nitrogens with one attached hydrogen (secondary N) is 1. The molecule has 0 saturated carbocycles. The van der Waals surface area contributed by atoms with Gasteiger partial charge in [-0.3, -0.25) is 0 Å². The van der Waals surface area contributed by atoms with E-state index < -0.39 is 10.0 Å². The van der Waals surface area contributed by atoms with Crippen molar-refractivity contribution >= 4 is 32.3 Å². The van der Waals surface area contributed by atoms with Crippen molar-refractivity contribution in [3.63, 3.8) is 0 Å². The number of methoxy groups -OCH3 is 1. The Kier molecular flexibility index (Phi) is 5.56. The van der Waals surface area contributed by atoms with Gasteiger partial charge in [0, 0.05) is 63.1 Å². The van der Waals surface area contributed by atoms with Crippen molar-refractivity contribution in [2.75, 3.05) is 56.2 Å². The quantitative estimate of drug-likeness (QED) is 0.632. The predicted molar refractivity (Wildman–Crippen MR) is 126 cm³/mol. The highest BCUT2D eigenvalue weighted by Gasteiger charge is 2.26. The molecule has 1 aromatic heterocycles. The molecule has 2 aliphatic heterocycles. The Morgan fingerprint density at radius 2 is 1.81 bits per heavy atom. The van der Waals surface area contributed by atoms with E-state index in [1.165, 1.54) is 4.09 Å². The summed E-state index contributed by atoms with van der Waals surface area (Å²) >= 11 is 0. The lowest BCUT2D eigenvalue weighted by Gasteiger charge is -2.29. The number of rotatable bonds is 5. The summed E-state index contributed by atoms with van der Waals surface area (Å²) in [6.07, 6.45) is 1.11. The first-order valence-corrected chi connectivity index (χ1v) is 12.5. The van der Waals surface area contributed by atoms with E-state index in [1.807, 2.05) is 25.1 Å². The molecule has 5 rings (SSSR count). The van der Waals surface area contributed by atoms with E-state index >= 15 is 0 Å². The molecule has 3 heterocycles. The number of piperazine rings is 1. The summed E-state index contributed by atoms with van der Waals surface area (Å²) in [7, 11) is -2.13. The fourth-order valence-corrected chi connectivity index (χ4v) is 5.99. The third-order valence-corrected chi connectivity index (χ3v) is 8.07. The van der Waals surface area contributed by atoms with Gasteiger partial charge in [-0.05, 0) is 49.7 Å². The lowest BCUT2D eigenvalue weighted by Crippen LogP contribution is -2.43. The first kappa shape index (κ1) is 21.2. The zero-order valence-corrected chi connectivity index (χ0v) is 19.3. The SMILES string of the molecule is CO[C@H]1CCN(c2cccc(S(=O)(=O)n3nc(C)c4ccc(N5CCNCC5)cc43)c2)C1. The standard InChI is InChI=1S/C23H29N5O3S/c1-17-22-7-6-19(26-12-9-24-10-13-26)15-23(22)28(25-17)32(29,30)21-5-3-4-18(14-21)27-11-8-20(16-27)31-2/h3-7,14-15,20,24H,8-13,16H2,1-2H3/t20-/m0/s1. The molecule has 9 heteroatoms. The van der Waals surface area contributed by atoms with Gasteiger partial charge in [0.15, 0.2) is 0 Å². The van der Waals surface area contributed by atoms with Gasteiger partial charge >= 0.3 is 0 Å². The van der Waals surface area contributed by atoms with Gasteiger partial charge in [0.05, 0.1) is 22.2 Å². The van der Waals surface area contributed by atoms with Crippen LogP contribution in [0.1, 0.15) is 12.1 Å². The molecule has 32 heavy (non-hydrogen) atoms. The van der Waals surface area contributed by atoms with Gasteiger partial charge in [0.1, 0.15) is 0 Å². The zero-order valence-electron chi connectivity index (χ0n) is 18.5. The van der Waals surface area contributed by atoms with Gasteiger partial charge in [-0.15, -0.1) is 0 Å². The van der Waals surface area contributed by atoms with Crippen LogP contribution in [0.4, 0.5) is 11.4 Å². The van der Waals surface area contributed by atoms with Crippen LogP contribution in [0, 0.1) is 6.92 Å². The summed E-state index contributed by atoms with van der Waals surface area (Å²) in [6, 6.07) is 13.1. The maximum absolute atomic E-state index is 13.7. The molecule has 0 radical (unpaired) electrons. The number of fused-ring (bicyclic) bond motifs is 1. The number of anilines is 2. The van der Waals surface area contributed by atoms with Crippen molar-refractivity contribution in [3.8, 4) is 0 Å². The van der Waals surface area contributed by atoms with Crippen molar-refractivity contribution in [2.24, 2.45) is 0 Å². The first-order chi connectivity index (χ1) is 15.5. The molecule has 2 aliphatic rings. The zero-order chi connectivity index (χ0) is 22.3. The second-order valence-electron chi connectivity index (χ2n) is 8.46. The summed E-state index contributed by atoms with van der Waals surface area (Å²) in [5.41, 5.74) is 3.23. The average molecular weight is 456 g/mol. The van der Waals surface area contributed by atoms with Gasteiger partial charge in [-0.1, -0.05) is 6.07 Å². The number of benzene rings is 2. The van der Waals surface area contributed by atoms with Crippen LogP contribution >= 0.6 is 0 Å². The molecule has 2 aromatic carbocycles. The maximum Gasteiger partial charge on any atom is 0.283 e. The van der Waals surface area contributed by atoms with Crippen molar-refractivity contribution in [2.45, 2.75) is 24.3 Å². The van der Waals surface area contributed by atoms with Crippen LogP contribution in [0.15, 0.2) is 47.4 Å². The summed E-state index contributed by atoms with van der Waals surface area (Å²) < 4.78 is 34.0. The maximum atomic E-state index is 13.7. The smallest absolute Gasteiger partial charge is 0.283 e. The molecular weight excluding hydrogens is 426 g/mol. The largest absolute Gasteiger partial charge is 0.380 e. The van der Waals surface area contributed by atoms with Gasteiger partial charge in [0.25, 0.3) is 10.0 Å². The molecule has 0 spiro atoms. The topological polar surface area (TPSA) is 79.7 Å². The summed E-state index contributed by atoms with van der Waals surface area (Å²) in [6.45, 7) is 7.09. The summed E-state index contributed by atoms with van der Waals surface area (Å²) in [4.78, 5) is 4.69. The fraction of sp³-hybridized carbons (Fsp3) is 0.435. The van der Waals surface area contributed by atoms with E-state index in [4.69, 9.17) is 4.74 Å². The van der Waals surface area contributed by atoms with Crippen LogP contribution in [0.5, 0.6) is 0 Å². The third kappa shape index (κ3) is 3.74. The highest BCUT2D eigenvalue weighted by atomic mass is 32.2. The van der Waals surface area contributed by atoms with Gasteiger partial charge in [0.2, 0.25) is 0 Å². The summed E-state index contributed by atoms with van der Waals surface area (Å²) in [5.74, 6) is 0. The van der Waals surface area contributed by atoms with Crippen LogP contribution in [-0.2, 0) is 14.8 Å². The molecule has 2 fully saturated rings.